The third kappa shape index (κ3) is 2.85. The molecule has 0 bridgehead atoms. The summed E-state index contributed by atoms with van der Waals surface area (Å²) in [5, 5.41) is -0.00361. The van der Waals surface area contributed by atoms with Crippen molar-refractivity contribution in [2.45, 2.75) is 0 Å². The molecule has 0 atom stereocenters. The van der Waals surface area contributed by atoms with Gasteiger partial charge in [0, 0.05) is 23.9 Å². The van der Waals surface area contributed by atoms with Crippen LogP contribution in [0.4, 0.5) is 14.5 Å². The lowest BCUT2D eigenvalue weighted by atomic mass is 10.3. The molecule has 2 N–H and O–H groups in total. The van der Waals surface area contributed by atoms with Crippen LogP contribution in [0.3, 0.4) is 0 Å². The molecule has 88 valence electrons. The maximum Gasteiger partial charge on any atom is 0.145 e. The van der Waals surface area contributed by atoms with Crippen LogP contribution < -0.4 is 10.5 Å². The summed E-state index contributed by atoms with van der Waals surface area (Å²) in [6, 6.07) is 7.71. The Morgan fingerprint density at radius 1 is 1.00 bits per heavy atom. The summed E-state index contributed by atoms with van der Waals surface area (Å²) in [4.78, 5) is 0. The van der Waals surface area contributed by atoms with Crippen molar-refractivity contribution in [1.29, 1.82) is 0 Å². The van der Waals surface area contributed by atoms with Gasteiger partial charge in [0.15, 0.2) is 0 Å². The number of halogens is 3. The van der Waals surface area contributed by atoms with Crippen LogP contribution in [0.15, 0.2) is 36.4 Å². The molecular weight excluding hydrogens is 248 g/mol. The number of nitrogens with two attached hydrogens (primary N) is 1. The van der Waals surface area contributed by atoms with Crippen LogP contribution in [0.25, 0.3) is 0 Å². The van der Waals surface area contributed by atoms with Gasteiger partial charge in [0.2, 0.25) is 0 Å². The summed E-state index contributed by atoms with van der Waals surface area (Å²) in [6.07, 6.45) is 0. The van der Waals surface area contributed by atoms with E-state index < -0.39 is 11.6 Å². The van der Waals surface area contributed by atoms with Crippen LogP contribution in [0.1, 0.15) is 0 Å². The van der Waals surface area contributed by atoms with E-state index in [4.69, 9.17) is 22.1 Å². The Labute approximate surface area is 102 Å². The molecule has 0 aliphatic carbocycles. The van der Waals surface area contributed by atoms with Gasteiger partial charge in [-0.05, 0) is 18.2 Å². The Morgan fingerprint density at radius 3 is 2.41 bits per heavy atom. The van der Waals surface area contributed by atoms with Crippen molar-refractivity contribution in [1.82, 2.24) is 0 Å². The van der Waals surface area contributed by atoms with Crippen molar-refractivity contribution in [2.24, 2.45) is 0 Å². The monoisotopic (exact) mass is 255 g/mol. The summed E-state index contributed by atoms with van der Waals surface area (Å²) in [7, 11) is 0. The predicted molar refractivity (Wildman–Crippen MR) is 62.3 cm³/mol. The van der Waals surface area contributed by atoms with Crippen molar-refractivity contribution in [3.8, 4) is 11.5 Å². The summed E-state index contributed by atoms with van der Waals surface area (Å²) >= 11 is 5.52. The van der Waals surface area contributed by atoms with E-state index >= 15 is 0 Å². The number of hydrogen-bond acceptors (Lipinski definition) is 2. The molecule has 0 heterocycles. The Kier molecular flexibility index (Phi) is 3.15. The van der Waals surface area contributed by atoms with Crippen LogP contribution >= 0.6 is 11.6 Å². The van der Waals surface area contributed by atoms with E-state index in [-0.39, 0.29) is 22.2 Å². The lowest BCUT2D eigenvalue weighted by Gasteiger charge is -2.07. The molecule has 0 amide bonds. The molecule has 0 saturated heterocycles. The Bertz CT molecular complexity index is 540. The van der Waals surface area contributed by atoms with Crippen LogP contribution in [0, 0.1) is 11.6 Å². The van der Waals surface area contributed by atoms with Crippen molar-refractivity contribution in [3.05, 3.63) is 53.1 Å². The van der Waals surface area contributed by atoms with Crippen molar-refractivity contribution < 1.29 is 13.5 Å². The minimum absolute atomic E-state index is 0.00361. The van der Waals surface area contributed by atoms with Gasteiger partial charge in [-0.25, -0.2) is 8.78 Å². The molecule has 5 heteroatoms. The van der Waals surface area contributed by atoms with Crippen molar-refractivity contribution in [2.75, 3.05) is 5.73 Å². The normalized spacial score (nSPS) is 10.3. The van der Waals surface area contributed by atoms with Crippen molar-refractivity contribution >= 4 is 17.3 Å². The van der Waals surface area contributed by atoms with Crippen LogP contribution in [0.2, 0.25) is 5.02 Å². The number of benzene rings is 2. The van der Waals surface area contributed by atoms with Gasteiger partial charge in [0.25, 0.3) is 0 Å². The van der Waals surface area contributed by atoms with Gasteiger partial charge < -0.3 is 10.5 Å². The fraction of sp³-hybridized carbons (Fsp3) is 0. The first-order valence-corrected chi connectivity index (χ1v) is 5.11. The molecule has 0 saturated carbocycles. The fourth-order valence-corrected chi connectivity index (χ4v) is 1.44. The molecule has 2 nitrogen and oxygen atoms in total. The highest BCUT2D eigenvalue weighted by Gasteiger charge is 2.04. The Balaban J connectivity index is 2.28. The molecule has 0 fully saturated rings. The number of hydrogen-bond donors (Lipinski definition) is 1. The predicted octanol–water partition coefficient (Wildman–Crippen LogP) is 3.99. The van der Waals surface area contributed by atoms with Gasteiger partial charge in [-0.1, -0.05) is 11.6 Å². The second kappa shape index (κ2) is 4.59. The van der Waals surface area contributed by atoms with E-state index in [1.54, 1.807) is 0 Å². The van der Waals surface area contributed by atoms with Crippen molar-refractivity contribution in [3.63, 3.8) is 0 Å². The second-order valence-electron chi connectivity index (χ2n) is 3.40. The van der Waals surface area contributed by atoms with Gasteiger partial charge in [-0.2, -0.15) is 0 Å². The SMILES string of the molecule is Nc1cc(F)cc(Oc2ccc(Cl)c(F)c2)c1. The van der Waals surface area contributed by atoms with E-state index in [0.29, 0.717) is 0 Å². The summed E-state index contributed by atoms with van der Waals surface area (Å²) in [5.74, 6) is -0.705. The number of rotatable bonds is 2. The average molecular weight is 256 g/mol. The zero-order chi connectivity index (χ0) is 12.4. The highest BCUT2D eigenvalue weighted by Crippen LogP contribution is 2.27. The number of ether oxygens (including phenoxy) is 1. The molecule has 2 rings (SSSR count). The van der Waals surface area contributed by atoms with Gasteiger partial charge in [0.05, 0.1) is 5.02 Å². The minimum atomic E-state index is -0.603. The van der Waals surface area contributed by atoms with Gasteiger partial charge >= 0.3 is 0 Å². The molecule has 2 aromatic rings. The van der Waals surface area contributed by atoms with Crippen LogP contribution in [-0.2, 0) is 0 Å². The summed E-state index contributed by atoms with van der Waals surface area (Å²) < 4.78 is 31.4. The lowest BCUT2D eigenvalue weighted by Crippen LogP contribution is -1.90. The molecule has 0 aliphatic heterocycles. The lowest BCUT2D eigenvalue weighted by molar-refractivity contribution is 0.472. The fourth-order valence-electron chi connectivity index (χ4n) is 1.32. The first kappa shape index (κ1) is 11.7. The number of anilines is 1. The molecule has 0 aliphatic rings. The van der Waals surface area contributed by atoms with E-state index in [1.807, 2.05) is 0 Å². The van der Waals surface area contributed by atoms with Crippen LogP contribution in [0.5, 0.6) is 11.5 Å². The highest BCUT2D eigenvalue weighted by atomic mass is 35.5. The molecule has 0 unspecified atom stereocenters. The first-order chi connectivity index (χ1) is 8.04. The maximum atomic E-state index is 13.1. The Morgan fingerprint density at radius 2 is 1.76 bits per heavy atom. The van der Waals surface area contributed by atoms with E-state index in [2.05, 4.69) is 0 Å². The smallest absolute Gasteiger partial charge is 0.145 e. The highest BCUT2D eigenvalue weighted by molar-refractivity contribution is 6.30. The molecule has 17 heavy (non-hydrogen) atoms. The Hall–Kier alpha value is -1.81. The van der Waals surface area contributed by atoms with E-state index in [0.717, 1.165) is 18.2 Å². The maximum absolute atomic E-state index is 13.1. The van der Waals surface area contributed by atoms with Crippen LogP contribution in [-0.4, -0.2) is 0 Å². The van der Waals surface area contributed by atoms with Gasteiger partial charge in [-0.3, -0.25) is 0 Å². The summed E-state index contributed by atoms with van der Waals surface area (Å²) in [6.45, 7) is 0. The van der Waals surface area contributed by atoms with E-state index in [9.17, 15) is 8.78 Å². The van der Waals surface area contributed by atoms with E-state index in [1.165, 1.54) is 18.2 Å². The topological polar surface area (TPSA) is 35.2 Å². The molecular formula is C12H8ClF2NO. The zero-order valence-electron chi connectivity index (χ0n) is 8.58. The molecule has 0 aromatic heterocycles. The average Bonchev–Trinajstić information content (AvgIpc) is 2.22. The number of nitrogen functional groups attached to an aromatic ring is 1. The third-order valence-corrected chi connectivity index (χ3v) is 2.33. The largest absolute Gasteiger partial charge is 0.457 e. The third-order valence-electron chi connectivity index (χ3n) is 2.02. The first-order valence-electron chi connectivity index (χ1n) is 4.73. The molecule has 0 radical (unpaired) electrons. The summed E-state index contributed by atoms with van der Waals surface area (Å²) in [5.41, 5.74) is 5.68. The minimum Gasteiger partial charge on any atom is -0.457 e. The molecule has 2 aromatic carbocycles. The van der Waals surface area contributed by atoms with Gasteiger partial charge in [-0.15, -0.1) is 0 Å². The standard InChI is InChI=1S/C12H8ClF2NO/c13-11-2-1-9(6-12(11)15)17-10-4-7(14)3-8(16)5-10/h1-6H,16H2. The second-order valence-corrected chi connectivity index (χ2v) is 3.81. The quantitative estimate of drug-likeness (QED) is 0.824. The zero-order valence-corrected chi connectivity index (χ0v) is 9.34. The van der Waals surface area contributed by atoms with Gasteiger partial charge in [0.1, 0.15) is 23.1 Å². The molecule has 0 spiro atoms.